The molecule has 7 nitrogen and oxygen atoms in total. The Morgan fingerprint density at radius 3 is 2.94 bits per heavy atom. The van der Waals surface area contributed by atoms with E-state index in [-0.39, 0.29) is 12.0 Å². The molecule has 0 bridgehead atoms. The second-order valence-electron chi connectivity index (χ2n) is 3.71. The monoisotopic (exact) mass is 237 g/mol. The summed E-state index contributed by atoms with van der Waals surface area (Å²) in [7, 11) is 1.53. The minimum atomic E-state index is -0.741. The zero-order valence-corrected chi connectivity index (χ0v) is 9.34. The van der Waals surface area contributed by atoms with Crippen LogP contribution in [0.4, 0.5) is 4.79 Å². The number of nitrogens with zero attached hydrogens (tertiary/aromatic N) is 2. The van der Waals surface area contributed by atoms with Crippen molar-refractivity contribution in [2.75, 3.05) is 13.7 Å². The molecular weight excluding hydrogens is 224 g/mol. The molecule has 0 spiro atoms. The quantitative estimate of drug-likeness (QED) is 0.721. The third kappa shape index (κ3) is 2.01. The van der Waals surface area contributed by atoms with Gasteiger partial charge < -0.3 is 15.8 Å². The zero-order valence-electron chi connectivity index (χ0n) is 9.34. The Balaban J connectivity index is 2.34. The van der Waals surface area contributed by atoms with Crippen LogP contribution in [0.3, 0.4) is 0 Å². The second kappa shape index (κ2) is 4.54. The van der Waals surface area contributed by atoms with E-state index in [2.05, 4.69) is 16.5 Å². The van der Waals surface area contributed by atoms with Crippen molar-refractivity contribution >= 4 is 11.9 Å². The van der Waals surface area contributed by atoms with Crippen LogP contribution >= 0.6 is 0 Å². The van der Waals surface area contributed by atoms with E-state index in [9.17, 15) is 9.59 Å². The maximum atomic E-state index is 11.8. The van der Waals surface area contributed by atoms with Crippen molar-refractivity contribution in [1.29, 1.82) is 0 Å². The lowest BCUT2D eigenvalue weighted by Crippen LogP contribution is -2.43. The molecule has 1 saturated heterocycles. The van der Waals surface area contributed by atoms with Gasteiger partial charge in [0.1, 0.15) is 5.92 Å². The number of hydrogen-bond acceptors (Lipinski definition) is 4. The normalized spacial score (nSPS) is 20.4. The predicted octanol–water partition coefficient (Wildman–Crippen LogP) is -0.771. The van der Waals surface area contributed by atoms with E-state index in [0.717, 1.165) is 11.1 Å². The number of nitrogens with two attached hydrogens (primary N) is 1. The van der Waals surface area contributed by atoms with Crippen LogP contribution in [0.15, 0.2) is 6.20 Å². The smallest absolute Gasteiger partial charge is 0.339 e. The summed E-state index contributed by atoms with van der Waals surface area (Å²) < 4.78 is 6.27. The number of primary amides is 1. The van der Waals surface area contributed by atoms with E-state index in [1.54, 1.807) is 0 Å². The summed E-state index contributed by atoms with van der Waals surface area (Å²) in [5, 5.41) is 6.28. The molecule has 91 valence electrons. The molecule has 0 saturated carbocycles. The van der Waals surface area contributed by atoms with Gasteiger partial charge in [-0.1, -0.05) is 0 Å². The minimum absolute atomic E-state index is 0.242. The van der Waals surface area contributed by atoms with Crippen molar-refractivity contribution in [3.63, 3.8) is 0 Å². The van der Waals surface area contributed by atoms with Gasteiger partial charge >= 0.3 is 6.03 Å². The van der Waals surface area contributed by atoms with Gasteiger partial charge in [-0.25, -0.2) is 4.79 Å². The Kier molecular flexibility index (Phi) is 3.10. The van der Waals surface area contributed by atoms with Crippen LogP contribution in [0.5, 0.6) is 0 Å². The van der Waals surface area contributed by atoms with Gasteiger partial charge in [-0.05, 0) is 6.42 Å². The molecule has 0 aromatic carbocycles. The number of likely N-dealkylation sites (N-methyl/N-ethyl adjacent to an activating group) is 1. The number of carbonyl (C=O) groups is 2. The molecule has 2 rings (SSSR count). The van der Waals surface area contributed by atoms with Crippen LogP contribution in [-0.2, 0) is 9.53 Å². The second-order valence-corrected chi connectivity index (χ2v) is 3.71. The van der Waals surface area contributed by atoms with E-state index >= 15 is 0 Å². The van der Waals surface area contributed by atoms with Crippen LogP contribution < -0.4 is 11.1 Å². The molecule has 1 radical (unpaired) electrons. The topological polar surface area (TPSA) is 99.2 Å². The Hall–Kier alpha value is -1.89. The highest BCUT2D eigenvalue weighted by Crippen LogP contribution is 2.29. The fourth-order valence-electron chi connectivity index (χ4n) is 1.81. The first kappa shape index (κ1) is 11.6. The molecule has 0 aliphatic carbocycles. The fourth-order valence-corrected chi connectivity index (χ4v) is 1.81. The number of aromatic nitrogens is 2. The minimum Gasteiger partial charge on any atom is -0.377 e. The number of nitrogens with one attached hydrogen (secondary N) is 1. The first-order valence-corrected chi connectivity index (χ1v) is 5.23. The van der Waals surface area contributed by atoms with Crippen molar-refractivity contribution in [1.82, 2.24) is 15.1 Å². The van der Waals surface area contributed by atoms with Gasteiger partial charge in [0, 0.05) is 19.7 Å². The third-order valence-corrected chi connectivity index (χ3v) is 2.75. The van der Waals surface area contributed by atoms with E-state index in [1.807, 2.05) is 0 Å². The zero-order chi connectivity index (χ0) is 12.4. The summed E-state index contributed by atoms with van der Waals surface area (Å²) >= 11 is 0. The number of rotatable bonds is 3. The standard InChI is InChI=1S/C10H13N4O3/c1-12-9(15)8(7-3-5-17-7)6-2-4-13-14(6)10(11)16/h4,7-8H,3,5H2,1H3,(H2,11,16)(H,12,15). The molecule has 17 heavy (non-hydrogen) atoms. The van der Waals surface area contributed by atoms with Gasteiger partial charge in [-0.15, -0.1) is 0 Å². The summed E-state index contributed by atoms with van der Waals surface area (Å²) in [4.78, 5) is 23.0. The van der Waals surface area contributed by atoms with Crippen molar-refractivity contribution in [3.8, 4) is 0 Å². The molecule has 2 atom stereocenters. The molecule has 2 heterocycles. The predicted molar refractivity (Wildman–Crippen MR) is 57.2 cm³/mol. The number of carbonyl (C=O) groups excluding carboxylic acids is 2. The van der Waals surface area contributed by atoms with Crippen molar-refractivity contribution in [2.45, 2.75) is 18.4 Å². The molecule has 1 aromatic rings. The Morgan fingerprint density at radius 2 is 2.47 bits per heavy atom. The van der Waals surface area contributed by atoms with Gasteiger partial charge in [-0.2, -0.15) is 9.78 Å². The lowest BCUT2D eigenvalue weighted by molar-refractivity contribution is -0.132. The number of ether oxygens (including phenoxy) is 1. The molecule has 1 fully saturated rings. The summed E-state index contributed by atoms with van der Waals surface area (Å²) in [6.07, 6.45) is 1.82. The maximum Gasteiger partial charge on any atom is 0.339 e. The molecule has 1 aromatic heterocycles. The first-order valence-electron chi connectivity index (χ1n) is 5.23. The summed E-state index contributed by atoms with van der Waals surface area (Å²) in [6, 6.07) is 2.02. The van der Waals surface area contributed by atoms with Crippen LogP contribution in [0.2, 0.25) is 0 Å². The molecule has 3 N–H and O–H groups in total. The highest BCUT2D eigenvalue weighted by molar-refractivity contribution is 5.85. The Labute approximate surface area is 97.9 Å². The first-order chi connectivity index (χ1) is 8.15. The van der Waals surface area contributed by atoms with Crippen LogP contribution in [-0.4, -0.2) is 41.5 Å². The Morgan fingerprint density at radius 1 is 1.76 bits per heavy atom. The highest BCUT2D eigenvalue weighted by Gasteiger charge is 2.37. The lowest BCUT2D eigenvalue weighted by Gasteiger charge is -2.32. The van der Waals surface area contributed by atoms with Gasteiger partial charge in [0.05, 0.1) is 18.0 Å². The molecule has 2 amide bonds. The van der Waals surface area contributed by atoms with Crippen LogP contribution in [0.1, 0.15) is 18.0 Å². The average Bonchev–Trinajstić information content (AvgIpc) is 2.70. The Bertz CT molecular complexity index is 439. The van der Waals surface area contributed by atoms with E-state index < -0.39 is 11.9 Å². The summed E-state index contributed by atoms with van der Waals surface area (Å²) in [5.74, 6) is -0.849. The number of hydrogen-bond donors (Lipinski definition) is 2. The molecule has 1 aliphatic rings. The van der Waals surface area contributed by atoms with Crippen molar-refractivity contribution in [2.24, 2.45) is 5.73 Å². The van der Waals surface area contributed by atoms with E-state index in [4.69, 9.17) is 10.5 Å². The van der Waals surface area contributed by atoms with E-state index in [1.165, 1.54) is 13.2 Å². The largest absolute Gasteiger partial charge is 0.377 e. The lowest BCUT2D eigenvalue weighted by atomic mass is 9.92. The molecular formula is C10H13N4O3. The summed E-state index contributed by atoms with van der Waals surface area (Å²) in [5.41, 5.74) is 5.50. The average molecular weight is 237 g/mol. The van der Waals surface area contributed by atoms with E-state index in [0.29, 0.717) is 12.3 Å². The molecule has 2 unspecified atom stereocenters. The molecule has 7 heteroatoms. The summed E-state index contributed by atoms with van der Waals surface area (Å²) in [6.45, 7) is 0.614. The third-order valence-electron chi connectivity index (χ3n) is 2.75. The maximum absolute atomic E-state index is 11.8. The van der Waals surface area contributed by atoms with Gasteiger partial charge in [-0.3, -0.25) is 4.79 Å². The fraction of sp³-hybridized carbons (Fsp3) is 0.500. The number of amides is 2. The molecule has 1 aliphatic heterocycles. The van der Waals surface area contributed by atoms with Gasteiger partial charge in [0.15, 0.2) is 0 Å². The van der Waals surface area contributed by atoms with Gasteiger partial charge in [0.25, 0.3) is 0 Å². The van der Waals surface area contributed by atoms with Crippen LogP contribution in [0.25, 0.3) is 0 Å². The highest BCUT2D eigenvalue weighted by atomic mass is 16.5. The van der Waals surface area contributed by atoms with Crippen LogP contribution in [0, 0.1) is 6.07 Å². The van der Waals surface area contributed by atoms with Gasteiger partial charge in [0.2, 0.25) is 5.91 Å². The van der Waals surface area contributed by atoms with Crippen molar-refractivity contribution < 1.29 is 14.3 Å². The van der Waals surface area contributed by atoms with Crippen molar-refractivity contribution in [3.05, 3.63) is 18.0 Å². The SMILES string of the molecule is CNC(=O)C(c1[c]cnn1C(N)=O)C1CCO1.